The highest BCUT2D eigenvalue weighted by molar-refractivity contribution is 5.48. The largest absolute Gasteiger partial charge is 0.416 e. The molecule has 0 saturated heterocycles. The number of hydrogen-bond acceptors (Lipinski definition) is 3. The molecule has 2 rings (SSSR count). The van der Waals surface area contributed by atoms with Crippen LogP contribution in [0.5, 0.6) is 0 Å². The van der Waals surface area contributed by atoms with E-state index in [1.165, 1.54) is 6.33 Å². The Labute approximate surface area is 112 Å². The van der Waals surface area contributed by atoms with Crippen molar-refractivity contribution < 1.29 is 17.6 Å². The van der Waals surface area contributed by atoms with E-state index in [1.54, 1.807) is 4.68 Å². The Balaban J connectivity index is 2.17. The molecule has 0 unspecified atom stereocenters. The lowest BCUT2D eigenvalue weighted by Gasteiger charge is -2.11. The number of aromatic nitrogens is 3. The van der Waals surface area contributed by atoms with E-state index in [0.29, 0.717) is 18.4 Å². The van der Waals surface area contributed by atoms with Crippen molar-refractivity contribution >= 4 is 5.69 Å². The molecule has 1 aromatic heterocycles. The van der Waals surface area contributed by atoms with Crippen molar-refractivity contribution in [2.45, 2.75) is 26.2 Å². The Hall–Kier alpha value is -2.12. The summed E-state index contributed by atoms with van der Waals surface area (Å²) in [6, 6.07) is 2.23. The Morgan fingerprint density at radius 3 is 2.70 bits per heavy atom. The zero-order chi connectivity index (χ0) is 14.8. The van der Waals surface area contributed by atoms with Gasteiger partial charge in [-0.3, -0.25) is 0 Å². The van der Waals surface area contributed by atoms with Gasteiger partial charge in [0.2, 0.25) is 0 Å². The van der Waals surface area contributed by atoms with Gasteiger partial charge in [-0.05, 0) is 25.1 Å². The fourth-order valence-electron chi connectivity index (χ4n) is 1.70. The molecule has 1 N–H and O–H groups in total. The maximum atomic E-state index is 13.5. The maximum absolute atomic E-state index is 13.5. The molecular weight excluding hydrogens is 276 g/mol. The maximum Gasteiger partial charge on any atom is 0.416 e. The summed E-state index contributed by atoms with van der Waals surface area (Å²) in [4.78, 5) is 3.95. The fraction of sp³-hybridized carbons (Fsp3) is 0.333. The Bertz CT molecular complexity index is 591. The Morgan fingerprint density at radius 1 is 1.30 bits per heavy atom. The van der Waals surface area contributed by atoms with E-state index in [1.807, 2.05) is 6.92 Å². The van der Waals surface area contributed by atoms with Crippen molar-refractivity contribution in [3.05, 3.63) is 41.7 Å². The molecule has 0 amide bonds. The van der Waals surface area contributed by atoms with Crippen LogP contribution in [0.25, 0.3) is 0 Å². The molecule has 0 aliphatic heterocycles. The van der Waals surface area contributed by atoms with Crippen molar-refractivity contribution in [3.63, 3.8) is 0 Å². The average Bonchev–Trinajstić information content (AvgIpc) is 2.83. The Morgan fingerprint density at radius 2 is 2.05 bits per heavy atom. The minimum absolute atomic E-state index is 0.0894. The summed E-state index contributed by atoms with van der Waals surface area (Å²) in [6.07, 6.45) is -3.17. The molecule has 20 heavy (non-hydrogen) atoms. The zero-order valence-corrected chi connectivity index (χ0v) is 10.6. The lowest BCUT2D eigenvalue weighted by atomic mass is 10.2. The second kappa shape index (κ2) is 5.48. The molecule has 4 nitrogen and oxygen atoms in total. The summed E-state index contributed by atoms with van der Waals surface area (Å²) >= 11 is 0. The van der Waals surface area contributed by atoms with Gasteiger partial charge in [0.25, 0.3) is 0 Å². The van der Waals surface area contributed by atoms with Gasteiger partial charge in [0, 0.05) is 6.54 Å². The second-order valence-electron chi connectivity index (χ2n) is 4.04. The highest BCUT2D eigenvalue weighted by Gasteiger charge is 2.31. The number of halogens is 4. The van der Waals surface area contributed by atoms with Gasteiger partial charge in [-0.15, -0.1) is 0 Å². The number of alkyl halides is 3. The minimum Gasteiger partial charge on any atom is -0.375 e. The first kappa shape index (κ1) is 14.3. The van der Waals surface area contributed by atoms with Crippen LogP contribution in [0.4, 0.5) is 23.2 Å². The van der Waals surface area contributed by atoms with E-state index in [9.17, 15) is 17.6 Å². The van der Waals surface area contributed by atoms with Crippen LogP contribution in [0.15, 0.2) is 24.5 Å². The molecule has 0 aliphatic rings. The third-order valence-electron chi connectivity index (χ3n) is 2.73. The molecule has 108 valence electrons. The summed E-state index contributed by atoms with van der Waals surface area (Å²) in [7, 11) is 0. The normalized spacial score (nSPS) is 11.7. The fourth-order valence-corrected chi connectivity index (χ4v) is 1.70. The van der Waals surface area contributed by atoms with Crippen molar-refractivity contribution in [3.8, 4) is 0 Å². The van der Waals surface area contributed by atoms with Crippen LogP contribution >= 0.6 is 0 Å². The molecule has 0 bridgehead atoms. The van der Waals surface area contributed by atoms with Crippen molar-refractivity contribution in [2.24, 2.45) is 0 Å². The van der Waals surface area contributed by atoms with E-state index >= 15 is 0 Å². The molecule has 0 atom stereocenters. The molecule has 2 aromatic rings. The molecule has 0 aliphatic carbocycles. The number of benzene rings is 1. The predicted octanol–water partition coefficient (Wildman–Crippen LogP) is 3.07. The van der Waals surface area contributed by atoms with Crippen LogP contribution in [-0.2, 0) is 19.3 Å². The number of nitrogens with zero attached hydrogens (tertiary/aromatic N) is 3. The van der Waals surface area contributed by atoms with Crippen LogP contribution in [0.3, 0.4) is 0 Å². The SMILES string of the molecule is CCn1ncnc1CNc1cc(C(F)(F)F)ccc1F. The van der Waals surface area contributed by atoms with E-state index in [4.69, 9.17) is 0 Å². The lowest BCUT2D eigenvalue weighted by molar-refractivity contribution is -0.137. The molecule has 0 radical (unpaired) electrons. The van der Waals surface area contributed by atoms with Gasteiger partial charge in [-0.25, -0.2) is 14.1 Å². The third kappa shape index (κ3) is 3.06. The molecule has 1 heterocycles. The smallest absolute Gasteiger partial charge is 0.375 e. The summed E-state index contributed by atoms with van der Waals surface area (Å²) in [5.41, 5.74) is -1.12. The monoisotopic (exact) mass is 288 g/mol. The van der Waals surface area contributed by atoms with Crippen molar-refractivity contribution in [2.75, 3.05) is 5.32 Å². The number of hydrogen-bond donors (Lipinski definition) is 1. The average molecular weight is 288 g/mol. The molecule has 8 heteroatoms. The van der Waals surface area contributed by atoms with Crippen LogP contribution in [0.2, 0.25) is 0 Å². The first-order valence-corrected chi connectivity index (χ1v) is 5.89. The summed E-state index contributed by atoms with van der Waals surface area (Å²) in [6.45, 7) is 2.51. The first-order valence-electron chi connectivity index (χ1n) is 5.89. The molecular formula is C12H12F4N4. The number of anilines is 1. The van der Waals surface area contributed by atoms with Gasteiger partial charge in [0.15, 0.2) is 0 Å². The second-order valence-corrected chi connectivity index (χ2v) is 4.04. The van der Waals surface area contributed by atoms with Gasteiger partial charge in [0.05, 0.1) is 17.8 Å². The molecule has 0 fully saturated rings. The lowest BCUT2D eigenvalue weighted by Crippen LogP contribution is -2.11. The van der Waals surface area contributed by atoms with Crippen LogP contribution < -0.4 is 5.32 Å². The van der Waals surface area contributed by atoms with Gasteiger partial charge in [-0.2, -0.15) is 18.3 Å². The molecule has 0 spiro atoms. The van der Waals surface area contributed by atoms with E-state index in [2.05, 4.69) is 15.4 Å². The van der Waals surface area contributed by atoms with Gasteiger partial charge in [0.1, 0.15) is 18.0 Å². The quantitative estimate of drug-likeness (QED) is 0.879. The first-order chi connectivity index (χ1) is 9.41. The van der Waals surface area contributed by atoms with Gasteiger partial charge < -0.3 is 5.32 Å². The highest BCUT2D eigenvalue weighted by atomic mass is 19.4. The number of aryl methyl sites for hydroxylation is 1. The number of nitrogens with one attached hydrogen (secondary N) is 1. The molecule has 0 saturated carbocycles. The standard InChI is InChI=1S/C12H12F4N4/c1-2-20-11(18-7-19-20)6-17-10-5-8(12(14,15)16)3-4-9(10)13/h3-5,7,17H,2,6H2,1H3. The summed E-state index contributed by atoms with van der Waals surface area (Å²) < 4.78 is 52.7. The third-order valence-corrected chi connectivity index (χ3v) is 2.73. The summed E-state index contributed by atoms with van der Waals surface area (Å²) in [5.74, 6) is -0.232. The van der Waals surface area contributed by atoms with Crippen molar-refractivity contribution in [1.82, 2.24) is 14.8 Å². The van der Waals surface area contributed by atoms with Crippen LogP contribution in [0.1, 0.15) is 18.3 Å². The zero-order valence-electron chi connectivity index (χ0n) is 10.6. The van der Waals surface area contributed by atoms with Crippen LogP contribution in [-0.4, -0.2) is 14.8 Å². The minimum atomic E-state index is -4.51. The van der Waals surface area contributed by atoms with Gasteiger partial charge >= 0.3 is 6.18 Å². The Kier molecular flexibility index (Phi) is 3.91. The topological polar surface area (TPSA) is 42.7 Å². The predicted molar refractivity (Wildman–Crippen MR) is 64.4 cm³/mol. The van der Waals surface area contributed by atoms with E-state index in [-0.39, 0.29) is 12.2 Å². The van der Waals surface area contributed by atoms with Crippen LogP contribution in [0, 0.1) is 5.82 Å². The van der Waals surface area contributed by atoms with Crippen molar-refractivity contribution in [1.29, 1.82) is 0 Å². The van der Waals surface area contributed by atoms with E-state index in [0.717, 1.165) is 12.1 Å². The van der Waals surface area contributed by atoms with Gasteiger partial charge in [-0.1, -0.05) is 0 Å². The summed E-state index contributed by atoms with van der Waals surface area (Å²) in [5, 5.41) is 6.52. The highest BCUT2D eigenvalue weighted by Crippen LogP contribution is 2.31. The number of rotatable bonds is 4. The molecule has 1 aromatic carbocycles. The van der Waals surface area contributed by atoms with E-state index < -0.39 is 17.6 Å².